The van der Waals surface area contributed by atoms with E-state index in [1.165, 1.54) is 16.7 Å². The topological polar surface area (TPSA) is 12.5 Å². The molecule has 0 N–H and O–H groups in total. The first-order valence-corrected chi connectivity index (χ1v) is 5.36. The molecule has 1 fully saturated rings. The van der Waals surface area contributed by atoms with Gasteiger partial charge in [0.1, 0.15) is 0 Å². The summed E-state index contributed by atoms with van der Waals surface area (Å²) in [6.45, 7) is 7.52. The molecule has 0 bridgehead atoms. The third-order valence-electron chi connectivity index (χ3n) is 3.43. The van der Waals surface area contributed by atoms with E-state index in [1.54, 1.807) is 0 Å². The summed E-state index contributed by atoms with van der Waals surface area (Å²) in [5, 5.41) is 0. The van der Waals surface area contributed by atoms with Gasteiger partial charge in [-0.25, -0.2) is 0 Å². The number of epoxide rings is 1. The van der Waals surface area contributed by atoms with Crippen molar-refractivity contribution < 1.29 is 4.74 Å². The van der Waals surface area contributed by atoms with Crippen LogP contribution in [0.5, 0.6) is 0 Å². The molecule has 0 spiro atoms. The molecule has 0 radical (unpaired) electrons. The van der Waals surface area contributed by atoms with Gasteiger partial charge in [-0.2, -0.15) is 0 Å². The van der Waals surface area contributed by atoms with Crippen LogP contribution >= 0.6 is 0 Å². The Labute approximate surface area is 86.1 Å². The molecule has 2 rings (SSSR count). The molecular weight excluding hydrogens is 172 g/mol. The lowest BCUT2D eigenvalue weighted by molar-refractivity contribution is 0.294. The number of hydrogen-bond acceptors (Lipinski definition) is 1. The minimum absolute atomic E-state index is 0.179. The lowest BCUT2D eigenvalue weighted by atomic mass is 9.93. The lowest BCUT2D eigenvalue weighted by Gasteiger charge is -2.12. The van der Waals surface area contributed by atoms with E-state index in [-0.39, 0.29) is 5.60 Å². The number of benzene rings is 1. The van der Waals surface area contributed by atoms with Crippen molar-refractivity contribution in [3.8, 4) is 0 Å². The fourth-order valence-corrected chi connectivity index (χ4v) is 1.88. The molecule has 0 saturated carbocycles. The van der Waals surface area contributed by atoms with Crippen LogP contribution in [0.1, 0.15) is 30.0 Å². The molecule has 1 nitrogen and oxygen atoms in total. The fraction of sp³-hybridized carbons (Fsp3) is 0.538. The molecule has 0 amide bonds. The molecule has 1 heteroatoms. The van der Waals surface area contributed by atoms with Gasteiger partial charge in [0.05, 0.1) is 12.2 Å². The van der Waals surface area contributed by atoms with Gasteiger partial charge in [0.2, 0.25) is 0 Å². The number of ether oxygens (including phenoxy) is 1. The first-order chi connectivity index (χ1) is 6.67. The highest BCUT2D eigenvalue weighted by Gasteiger charge is 2.42. The van der Waals surface area contributed by atoms with Crippen LogP contribution in [0.15, 0.2) is 18.2 Å². The van der Waals surface area contributed by atoms with E-state index in [9.17, 15) is 0 Å². The van der Waals surface area contributed by atoms with Crippen molar-refractivity contribution in [1.29, 1.82) is 0 Å². The third-order valence-corrected chi connectivity index (χ3v) is 3.43. The van der Waals surface area contributed by atoms with E-state index in [2.05, 4.69) is 39.0 Å². The van der Waals surface area contributed by atoms with E-state index in [0.717, 1.165) is 19.4 Å². The first-order valence-electron chi connectivity index (χ1n) is 5.36. The second-order valence-corrected chi connectivity index (χ2v) is 4.36. The average Bonchev–Trinajstić information content (AvgIpc) is 2.94. The monoisotopic (exact) mass is 190 g/mol. The van der Waals surface area contributed by atoms with Gasteiger partial charge in [-0.15, -0.1) is 0 Å². The van der Waals surface area contributed by atoms with Crippen molar-refractivity contribution in [2.75, 3.05) is 6.61 Å². The quantitative estimate of drug-likeness (QED) is 0.667. The summed E-state index contributed by atoms with van der Waals surface area (Å²) >= 11 is 0. The van der Waals surface area contributed by atoms with E-state index < -0.39 is 0 Å². The van der Waals surface area contributed by atoms with Gasteiger partial charge < -0.3 is 4.74 Å². The Kier molecular flexibility index (Phi) is 2.36. The molecule has 1 aromatic rings. The van der Waals surface area contributed by atoms with Crippen LogP contribution in [0.3, 0.4) is 0 Å². The van der Waals surface area contributed by atoms with Crippen LogP contribution < -0.4 is 0 Å². The molecule has 1 heterocycles. The molecule has 76 valence electrons. The zero-order valence-electron chi connectivity index (χ0n) is 9.26. The standard InChI is InChI=1S/C13H18O/c1-4-13(9-14-13)8-12-7-5-6-10(2)11(12)3/h5-7H,4,8-9H2,1-3H3. The predicted octanol–water partition coefficient (Wildman–Crippen LogP) is 3.02. The summed E-state index contributed by atoms with van der Waals surface area (Å²) < 4.78 is 5.54. The number of rotatable bonds is 3. The Bertz CT molecular complexity index is 337. The molecule has 14 heavy (non-hydrogen) atoms. The van der Waals surface area contributed by atoms with Crippen molar-refractivity contribution in [1.82, 2.24) is 0 Å². The fourth-order valence-electron chi connectivity index (χ4n) is 1.88. The van der Waals surface area contributed by atoms with Gasteiger partial charge in [0.25, 0.3) is 0 Å². The van der Waals surface area contributed by atoms with Crippen molar-refractivity contribution in [3.63, 3.8) is 0 Å². The molecule has 1 aromatic carbocycles. The predicted molar refractivity (Wildman–Crippen MR) is 58.6 cm³/mol. The van der Waals surface area contributed by atoms with Crippen LogP contribution in [0, 0.1) is 13.8 Å². The molecule has 1 aliphatic heterocycles. The summed E-state index contributed by atoms with van der Waals surface area (Å²) in [7, 11) is 0. The Hall–Kier alpha value is -0.820. The average molecular weight is 190 g/mol. The van der Waals surface area contributed by atoms with Crippen molar-refractivity contribution in [3.05, 3.63) is 34.9 Å². The van der Waals surface area contributed by atoms with E-state index in [1.807, 2.05) is 0 Å². The Morgan fingerprint density at radius 2 is 2.07 bits per heavy atom. The minimum atomic E-state index is 0.179. The maximum atomic E-state index is 5.54. The van der Waals surface area contributed by atoms with Crippen LogP contribution in [-0.2, 0) is 11.2 Å². The Morgan fingerprint density at radius 3 is 2.64 bits per heavy atom. The van der Waals surface area contributed by atoms with Crippen molar-refractivity contribution >= 4 is 0 Å². The normalized spacial score (nSPS) is 25.1. The van der Waals surface area contributed by atoms with E-state index in [4.69, 9.17) is 4.74 Å². The SMILES string of the molecule is CCC1(Cc2cccc(C)c2C)CO1. The maximum absolute atomic E-state index is 5.54. The second-order valence-electron chi connectivity index (χ2n) is 4.36. The van der Waals surface area contributed by atoms with Crippen molar-refractivity contribution in [2.45, 2.75) is 39.2 Å². The summed E-state index contributed by atoms with van der Waals surface area (Å²) in [5.74, 6) is 0. The molecule has 1 unspecified atom stereocenters. The highest BCUT2D eigenvalue weighted by atomic mass is 16.6. The molecule has 1 aliphatic rings. The van der Waals surface area contributed by atoms with E-state index >= 15 is 0 Å². The highest BCUT2D eigenvalue weighted by Crippen LogP contribution is 2.35. The Morgan fingerprint density at radius 1 is 1.36 bits per heavy atom. The van der Waals surface area contributed by atoms with Gasteiger partial charge in [0.15, 0.2) is 0 Å². The third kappa shape index (κ3) is 1.69. The maximum Gasteiger partial charge on any atom is 0.0954 e. The minimum Gasteiger partial charge on any atom is -0.369 e. The summed E-state index contributed by atoms with van der Waals surface area (Å²) in [6.07, 6.45) is 2.21. The van der Waals surface area contributed by atoms with Gasteiger partial charge in [-0.1, -0.05) is 25.1 Å². The number of hydrogen-bond donors (Lipinski definition) is 0. The van der Waals surface area contributed by atoms with Crippen LogP contribution in [0.4, 0.5) is 0 Å². The lowest BCUT2D eigenvalue weighted by Crippen LogP contribution is -2.14. The molecule has 1 saturated heterocycles. The second kappa shape index (κ2) is 3.39. The highest BCUT2D eigenvalue weighted by molar-refractivity contribution is 5.34. The van der Waals surface area contributed by atoms with Crippen molar-refractivity contribution in [2.24, 2.45) is 0 Å². The zero-order valence-corrected chi connectivity index (χ0v) is 9.26. The van der Waals surface area contributed by atoms with Gasteiger partial charge in [0, 0.05) is 6.42 Å². The summed E-state index contributed by atoms with van der Waals surface area (Å²) in [6, 6.07) is 6.54. The van der Waals surface area contributed by atoms with Crippen LogP contribution in [0.2, 0.25) is 0 Å². The van der Waals surface area contributed by atoms with Gasteiger partial charge in [-0.3, -0.25) is 0 Å². The van der Waals surface area contributed by atoms with Gasteiger partial charge in [-0.05, 0) is 37.0 Å². The molecule has 0 aromatic heterocycles. The Balaban J connectivity index is 2.21. The largest absolute Gasteiger partial charge is 0.369 e. The first kappa shape index (κ1) is 9.72. The molecule has 1 atom stereocenters. The smallest absolute Gasteiger partial charge is 0.0954 e. The van der Waals surface area contributed by atoms with Gasteiger partial charge >= 0.3 is 0 Å². The molecule has 0 aliphatic carbocycles. The van der Waals surface area contributed by atoms with Crippen LogP contribution in [0.25, 0.3) is 0 Å². The zero-order chi connectivity index (χ0) is 10.2. The summed E-state index contributed by atoms with van der Waals surface area (Å²) in [5.41, 5.74) is 4.44. The van der Waals surface area contributed by atoms with E-state index in [0.29, 0.717) is 0 Å². The molecular formula is C13H18O. The van der Waals surface area contributed by atoms with Crippen LogP contribution in [-0.4, -0.2) is 12.2 Å². The number of aryl methyl sites for hydroxylation is 1. The summed E-state index contributed by atoms with van der Waals surface area (Å²) in [4.78, 5) is 0.